The molecule has 0 aliphatic heterocycles. The van der Waals surface area contributed by atoms with Crippen molar-refractivity contribution in [2.75, 3.05) is 0 Å². The van der Waals surface area contributed by atoms with Crippen LogP contribution in [0.5, 0.6) is 0 Å². The van der Waals surface area contributed by atoms with Crippen LogP contribution in [0.2, 0.25) is 13.3 Å². The Morgan fingerprint density at radius 2 is 1.32 bits per heavy atom. The zero-order chi connectivity index (χ0) is 14.0. The van der Waals surface area contributed by atoms with Gasteiger partial charge >= 0.3 is 126 Å². The van der Waals surface area contributed by atoms with E-state index in [1.54, 1.807) is 13.3 Å². The van der Waals surface area contributed by atoms with E-state index in [1.807, 2.05) is 0 Å². The Kier molecular flexibility index (Phi) is 9.29. The van der Waals surface area contributed by atoms with E-state index in [0.29, 0.717) is 0 Å². The summed E-state index contributed by atoms with van der Waals surface area (Å²) >= 11 is -2.10. The van der Waals surface area contributed by atoms with Crippen LogP contribution in [-0.2, 0) is 0 Å². The van der Waals surface area contributed by atoms with Gasteiger partial charge in [0.1, 0.15) is 0 Å². The van der Waals surface area contributed by atoms with E-state index in [2.05, 4.69) is 30.6 Å². The van der Waals surface area contributed by atoms with Crippen LogP contribution in [0.3, 0.4) is 0 Å². The summed E-state index contributed by atoms with van der Waals surface area (Å²) in [7, 11) is 0. The molecule has 0 aromatic heterocycles. The summed E-state index contributed by atoms with van der Waals surface area (Å²) in [6.45, 7) is 7.03. The molecule has 19 heavy (non-hydrogen) atoms. The molecule has 0 aromatic rings. The summed E-state index contributed by atoms with van der Waals surface area (Å²) in [4.78, 5) is 0. The Labute approximate surface area is 126 Å². The average molecular weight is 369 g/mol. The molecule has 110 valence electrons. The fourth-order valence-electron chi connectivity index (χ4n) is 2.92. The second-order valence-electron chi connectivity index (χ2n) is 6.49. The summed E-state index contributed by atoms with van der Waals surface area (Å²) < 4.78 is 8.64. The first-order valence-corrected chi connectivity index (χ1v) is 16.3. The van der Waals surface area contributed by atoms with E-state index in [-0.39, 0.29) is 0 Å². The Morgan fingerprint density at radius 1 is 0.842 bits per heavy atom. The molecule has 1 aliphatic rings. The van der Waals surface area contributed by atoms with Gasteiger partial charge in [-0.05, 0) is 0 Å². The molecule has 1 aliphatic carbocycles. The second-order valence-corrected chi connectivity index (χ2v) is 18.8. The van der Waals surface area contributed by atoms with Crippen molar-refractivity contribution in [3.63, 3.8) is 0 Å². The van der Waals surface area contributed by atoms with Crippen LogP contribution in [0, 0.1) is 15.8 Å². The summed E-state index contributed by atoms with van der Waals surface area (Å²) in [5.41, 5.74) is 0. The van der Waals surface area contributed by atoms with Gasteiger partial charge in [-0.15, -0.1) is 0 Å². The molecule has 1 rings (SSSR count). The molecule has 0 heterocycles. The summed E-state index contributed by atoms with van der Waals surface area (Å²) in [6, 6.07) is 0. The minimum absolute atomic E-state index is 0.793. The van der Waals surface area contributed by atoms with Crippen molar-refractivity contribution in [1.29, 1.82) is 0 Å². The molecule has 0 spiro atoms. The van der Waals surface area contributed by atoms with Gasteiger partial charge < -0.3 is 0 Å². The summed E-state index contributed by atoms with van der Waals surface area (Å²) in [5.74, 6) is 4.52. The van der Waals surface area contributed by atoms with Gasteiger partial charge in [-0.2, -0.15) is 0 Å². The standard InChI is InChI=1S/C6H7.3C4H9.Sn/c1-2-6-4-3-5-6;3*1-3-4-2;/h6H,3-5H2;3*1,3-4H2,2H3;. The SMILES string of the molecule is CCC[CH2][Sn]([C]#CC1CCC1)([CH2]CCC)[CH2]CCC. The molecule has 0 saturated heterocycles. The molecule has 0 radical (unpaired) electrons. The zero-order valence-corrected chi connectivity index (χ0v) is 16.4. The molecule has 0 bridgehead atoms. The van der Waals surface area contributed by atoms with Gasteiger partial charge in [0.15, 0.2) is 0 Å². The van der Waals surface area contributed by atoms with Gasteiger partial charge in [-0.1, -0.05) is 0 Å². The van der Waals surface area contributed by atoms with Crippen LogP contribution in [0.15, 0.2) is 0 Å². The minimum atomic E-state index is -2.10. The summed E-state index contributed by atoms with van der Waals surface area (Å²) in [6.07, 6.45) is 12.6. The molecule has 1 saturated carbocycles. The van der Waals surface area contributed by atoms with Gasteiger partial charge in [-0.3, -0.25) is 0 Å². The maximum absolute atomic E-state index is 4.00. The van der Waals surface area contributed by atoms with Crippen molar-refractivity contribution < 1.29 is 0 Å². The van der Waals surface area contributed by atoms with E-state index in [4.69, 9.17) is 0 Å². The van der Waals surface area contributed by atoms with Gasteiger partial charge in [0.25, 0.3) is 0 Å². The van der Waals surface area contributed by atoms with E-state index in [0.717, 1.165) is 5.92 Å². The van der Waals surface area contributed by atoms with Crippen molar-refractivity contribution in [3.05, 3.63) is 0 Å². The topological polar surface area (TPSA) is 0 Å². The van der Waals surface area contributed by atoms with Gasteiger partial charge in [0.2, 0.25) is 0 Å². The first kappa shape index (κ1) is 17.4. The maximum atomic E-state index is 4.00. The Balaban J connectivity index is 2.69. The molecule has 1 heteroatoms. The van der Waals surface area contributed by atoms with Crippen molar-refractivity contribution >= 4 is 18.4 Å². The third-order valence-corrected chi connectivity index (χ3v) is 17.8. The van der Waals surface area contributed by atoms with E-state index in [9.17, 15) is 0 Å². The molecule has 0 amide bonds. The van der Waals surface area contributed by atoms with E-state index >= 15 is 0 Å². The van der Waals surface area contributed by atoms with Crippen LogP contribution in [0.25, 0.3) is 0 Å². The van der Waals surface area contributed by atoms with Crippen molar-refractivity contribution in [2.24, 2.45) is 5.92 Å². The predicted octanol–water partition coefficient (Wildman–Crippen LogP) is 6.18. The third-order valence-electron chi connectivity index (χ3n) is 4.67. The Morgan fingerprint density at radius 3 is 1.63 bits per heavy atom. The second kappa shape index (κ2) is 10.1. The number of unbranched alkanes of at least 4 members (excludes halogenated alkanes) is 3. The van der Waals surface area contributed by atoms with Crippen LogP contribution in [0.1, 0.15) is 78.6 Å². The average Bonchev–Trinajstić information content (AvgIpc) is 2.38. The summed E-state index contributed by atoms with van der Waals surface area (Å²) in [5, 5.41) is 0. The molecule has 0 unspecified atom stereocenters. The van der Waals surface area contributed by atoms with Gasteiger partial charge in [-0.25, -0.2) is 0 Å². The molecule has 0 N–H and O–H groups in total. The fraction of sp³-hybridized carbons (Fsp3) is 0.889. The van der Waals surface area contributed by atoms with Crippen LogP contribution < -0.4 is 0 Å². The normalized spacial score (nSPS) is 15.7. The Hall–Kier alpha value is 0.359. The number of rotatable bonds is 9. The Bertz CT molecular complexity index is 258. The third kappa shape index (κ3) is 6.56. The first-order chi connectivity index (χ1) is 9.26. The fourth-order valence-corrected chi connectivity index (χ4v) is 16.4. The molecule has 0 aromatic carbocycles. The predicted molar refractivity (Wildman–Crippen MR) is 90.0 cm³/mol. The number of hydrogen-bond acceptors (Lipinski definition) is 0. The van der Waals surface area contributed by atoms with Crippen LogP contribution in [-0.4, -0.2) is 18.4 Å². The van der Waals surface area contributed by atoms with Crippen LogP contribution in [0.4, 0.5) is 0 Å². The number of hydrogen-bond donors (Lipinski definition) is 0. The van der Waals surface area contributed by atoms with E-state index in [1.165, 1.54) is 57.8 Å². The van der Waals surface area contributed by atoms with Crippen molar-refractivity contribution in [2.45, 2.75) is 91.9 Å². The van der Waals surface area contributed by atoms with Crippen molar-refractivity contribution in [1.82, 2.24) is 0 Å². The molecule has 1 fully saturated rings. The monoisotopic (exact) mass is 370 g/mol. The van der Waals surface area contributed by atoms with Gasteiger partial charge in [0, 0.05) is 0 Å². The van der Waals surface area contributed by atoms with E-state index < -0.39 is 18.4 Å². The van der Waals surface area contributed by atoms with Gasteiger partial charge in [0.05, 0.1) is 0 Å². The molecular formula is C18H34Sn. The molecule has 0 nitrogen and oxygen atoms in total. The van der Waals surface area contributed by atoms with Crippen LogP contribution >= 0.6 is 0 Å². The van der Waals surface area contributed by atoms with Crippen molar-refractivity contribution in [3.8, 4) is 9.86 Å². The molecule has 0 atom stereocenters. The zero-order valence-electron chi connectivity index (χ0n) is 13.6. The quantitative estimate of drug-likeness (QED) is 0.336. The molecular weight excluding hydrogens is 335 g/mol. The first-order valence-electron chi connectivity index (χ1n) is 8.79.